The van der Waals surface area contributed by atoms with E-state index in [0.29, 0.717) is 43.9 Å². The molecule has 4 aliphatic rings. The first kappa shape index (κ1) is 50.5. The Hall–Kier alpha value is -5.47. The fraction of sp³-hybridized carbons (Fsp3) is 0.547. The standard InChI is InChI=1S/C53H67IN8O9/c1-9-10-44(54)61(50(63)46(59-52(65)67-7)34-17-28(3)70-29(4)18-34)25-45-56-40-15-13-32-22-39-37-14-12-33(21-36(37)26-69-43(39)23-38(32)48(40)58-45)41-24-55-49(57-41)42-16-11-27(2)62(42)51(64)47(60-53(66)68-8)35-19-30(5)71-31(6)20-35/h12-15,21-24,27-31,34-35,42,44,46-47H,9-11,16-20,25-26H2,1-8H3,(H,55,57)(H,56,58)(H,59,65)(H,60,66)/t27-,28+,29+,30+,31+,42-,44+,46-,47-/m0/s1. The van der Waals surface area contributed by atoms with E-state index >= 15 is 0 Å². The van der Waals surface area contributed by atoms with E-state index in [4.69, 9.17) is 33.7 Å². The minimum absolute atomic E-state index is 0.0348. The minimum Gasteiger partial charge on any atom is -0.488 e. The van der Waals surface area contributed by atoms with Crippen LogP contribution in [0.1, 0.15) is 116 Å². The van der Waals surface area contributed by atoms with Crippen LogP contribution in [0.4, 0.5) is 9.59 Å². The number of methoxy groups -OCH3 is 2. The number of aromatic nitrogens is 4. The number of nitrogens with zero attached hydrogens (tertiary/aromatic N) is 4. The number of carbonyl (C=O) groups is 4. The first-order valence-electron chi connectivity index (χ1n) is 25.2. The summed E-state index contributed by atoms with van der Waals surface area (Å²) < 4.78 is 28.3. The van der Waals surface area contributed by atoms with Gasteiger partial charge in [-0.15, -0.1) is 0 Å². The van der Waals surface area contributed by atoms with Crippen molar-refractivity contribution >= 4 is 68.4 Å². The van der Waals surface area contributed by atoms with Crippen molar-refractivity contribution in [3.8, 4) is 28.1 Å². The molecule has 0 spiro atoms. The summed E-state index contributed by atoms with van der Waals surface area (Å²) in [7, 11) is 2.63. The van der Waals surface area contributed by atoms with Crippen LogP contribution in [0.5, 0.6) is 5.75 Å². The number of imidazole rings is 2. The molecular formula is C53H67IN8O9. The number of hydrogen-bond acceptors (Lipinski definition) is 11. The van der Waals surface area contributed by atoms with E-state index in [-0.39, 0.29) is 70.7 Å². The summed E-state index contributed by atoms with van der Waals surface area (Å²) in [6, 6.07) is 12.8. The molecular weight excluding hydrogens is 1020 g/mol. The number of rotatable bonds is 13. The average molecular weight is 1090 g/mol. The molecule has 3 aromatic carbocycles. The Morgan fingerprint density at radius 3 is 2.17 bits per heavy atom. The maximum atomic E-state index is 14.7. The van der Waals surface area contributed by atoms with Gasteiger partial charge in [0.2, 0.25) is 11.8 Å². The third-order valence-corrected chi connectivity index (χ3v) is 16.2. The van der Waals surface area contributed by atoms with Crippen LogP contribution in [0.15, 0.2) is 48.7 Å². The summed E-state index contributed by atoms with van der Waals surface area (Å²) in [6.07, 6.45) is 6.17. The van der Waals surface area contributed by atoms with Crippen molar-refractivity contribution < 1.29 is 42.9 Å². The van der Waals surface area contributed by atoms with Crippen LogP contribution in [0.2, 0.25) is 0 Å². The van der Waals surface area contributed by atoms with E-state index in [2.05, 4.69) is 93.4 Å². The molecule has 0 aliphatic carbocycles. The van der Waals surface area contributed by atoms with Crippen molar-refractivity contribution in [2.45, 2.75) is 159 Å². The van der Waals surface area contributed by atoms with Crippen LogP contribution in [0, 0.1) is 11.8 Å². The number of aromatic amines is 2. The highest BCUT2D eigenvalue weighted by molar-refractivity contribution is 14.1. The number of amides is 4. The van der Waals surface area contributed by atoms with Gasteiger partial charge in [-0.2, -0.15) is 0 Å². The number of ether oxygens (including phenoxy) is 5. The van der Waals surface area contributed by atoms with Gasteiger partial charge in [0.05, 0.1) is 78.2 Å². The number of benzene rings is 3. The third kappa shape index (κ3) is 10.6. The van der Waals surface area contributed by atoms with Crippen LogP contribution in [-0.2, 0) is 41.7 Å². The second kappa shape index (κ2) is 21.3. The normalized spacial score (nSPS) is 25.3. The molecule has 18 heteroatoms. The van der Waals surface area contributed by atoms with Gasteiger partial charge in [-0.05, 0) is 138 Å². The Labute approximate surface area is 428 Å². The lowest BCUT2D eigenvalue weighted by Crippen LogP contribution is -2.55. The second-order valence-electron chi connectivity index (χ2n) is 20.1. The predicted octanol–water partition coefficient (Wildman–Crippen LogP) is 9.46. The van der Waals surface area contributed by atoms with Gasteiger partial charge in [0.25, 0.3) is 0 Å². The molecule has 6 heterocycles. The summed E-state index contributed by atoms with van der Waals surface area (Å²) in [5, 5.41) is 7.70. The summed E-state index contributed by atoms with van der Waals surface area (Å²) in [4.78, 5) is 75.2. The largest absolute Gasteiger partial charge is 0.488 e. The molecule has 3 fully saturated rings. The summed E-state index contributed by atoms with van der Waals surface area (Å²) in [6.45, 7) is 12.8. The van der Waals surface area contributed by atoms with Crippen molar-refractivity contribution in [1.29, 1.82) is 0 Å². The average Bonchev–Trinajstić information content (AvgIpc) is 4.11. The van der Waals surface area contributed by atoms with Crippen LogP contribution in [-0.4, -0.2) is 115 Å². The van der Waals surface area contributed by atoms with E-state index in [1.807, 2.05) is 49.8 Å². The highest BCUT2D eigenvalue weighted by Gasteiger charge is 2.45. The number of nitrogens with one attached hydrogen (secondary N) is 4. The molecule has 380 valence electrons. The lowest BCUT2D eigenvalue weighted by Gasteiger charge is -2.39. The number of alkyl carbamates (subject to hydrolysis) is 2. The van der Waals surface area contributed by atoms with Gasteiger partial charge in [0, 0.05) is 17.0 Å². The third-order valence-electron chi connectivity index (χ3n) is 14.9. The molecule has 4 N–H and O–H groups in total. The van der Waals surface area contributed by atoms with E-state index in [1.54, 1.807) is 0 Å². The number of alkyl halides is 1. The van der Waals surface area contributed by atoms with Gasteiger partial charge in [-0.1, -0.05) is 54.1 Å². The van der Waals surface area contributed by atoms with Gasteiger partial charge in [0.1, 0.15) is 36.1 Å². The van der Waals surface area contributed by atoms with Crippen molar-refractivity contribution in [2.75, 3.05) is 14.2 Å². The molecule has 4 aliphatic heterocycles. The molecule has 5 aromatic rings. The van der Waals surface area contributed by atoms with Gasteiger partial charge >= 0.3 is 12.2 Å². The van der Waals surface area contributed by atoms with E-state index in [0.717, 1.165) is 81.2 Å². The Balaban J connectivity index is 0.951. The molecule has 2 aromatic heterocycles. The predicted molar refractivity (Wildman–Crippen MR) is 277 cm³/mol. The number of likely N-dealkylation sites (tertiary alicyclic amines) is 1. The van der Waals surface area contributed by atoms with Crippen molar-refractivity contribution in [1.82, 2.24) is 40.4 Å². The van der Waals surface area contributed by atoms with Crippen LogP contribution >= 0.6 is 22.6 Å². The van der Waals surface area contributed by atoms with Crippen LogP contribution < -0.4 is 15.4 Å². The zero-order chi connectivity index (χ0) is 50.2. The van der Waals surface area contributed by atoms with Gasteiger partial charge in [-0.25, -0.2) is 19.6 Å². The molecule has 0 radical (unpaired) electrons. The molecule has 71 heavy (non-hydrogen) atoms. The number of H-pyrrole nitrogens is 2. The molecule has 0 bridgehead atoms. The lowest BCUT2D eigenvalue weighted by molar-refractivity contribution is -0.140. The molecule has 3 saturated heterocycles. The number of halogens is 1. The Kier molecular flexibility index (Phi) is 15.2. The van der Waals surface area contributed by atoms with Gasteiger partial charge in [0.15, 0.2) is 0 Å². The molecule has 9 rings (SSSR count). The smallest absolute Gasteiger partial charge is 0.407 e. The van der Waals surface area contributed by atoms with Crippen LogP contribution in [0.25, 0.3) is 44.2 Å². The topological polar surface area (TPSA) is 202 Å². The highest BCUT2D eigenvalue weighted by atomic mass is 127. The van der Waals surface area contributed by atoms with Gasteiger partial charge in [-0.3, -0.25) is 9.59 Å². The Morgan fingerprint density at radius 1 is 0.845 bits per heavy atom. The van der Waals surface area contributed by atoms with E-state index in [9.17, 15) is 19.2 Å². The van der Waals surface area contributed by atoms with Crippen LogP contribution in [0.3, 0.4) is 0 Å². The van der Waals surface area contributed by atoms with Crippen molar-refractivity contribution in [3.05, 3.63) is 65.9 Å². The maximum absolute atomic E-state index is 14.7. The number of carbonyl (C=O) groups excluding carboxylic acids is 4. The first-order chi connectivity index (χ1) is 34.1. The minimum atomic E-state index is -0.785. The molecule has 4 amide bonds. The van der Waals surface area contributed by atoms with Crippen molar-refractivity contribution in [2.24, 2.45) is 11.8 Å². The van der Waals surface area contributed by atoms with E-state index in [1.165, 1.54) is 14.2 Å². The van der Waals surface area contributed by atoms with Crippen molar-refractivity contribution in [3.63, 3.8) is 0 Å². The fourth-order valence-corrected chi connectivity index (χ4v) is 12.8. The number of hydrogen-bond donors (Lipinski definition) is 4. The molecule has 17 nitrogen and oxygen atoms in total. The molecule has 0 unspecified atom stereocenters. The summed E-state index contributed by atoms with van der Waals surface area (Å²) >= 11 is 2.33. The number of fused-ring (bicyclic) bond motifs is 6. The molecule has 0 saturated carbocycles. The first-order valence-corrected chi connectivity index (χ1v) is 26.4. The monoisotopic (exact) mass is 1090 g/mol. The SMILES string of the molecule is CCC[C@H](I)N(Cc1nc2c(ccc3cc4c(cc32)OCc2cc(-c3cnc([C@@H]5CC[C@H](C)N5C(=O)[C@@H](NC(=O)OC)C5C[C@@H](C)O[C@H](C)C5)[nH]3)ccc2-4)[nH]1)C(=O)[C@@H](NC(=O)OC)C1C[C@@H](C)O[C@H](C)C1. The summed E-state index contributed by atoms with van der Waals surface area (Å²) in [5.74, 6) is 1.57. The Morgan fingerprint density at radius 2 is 1.51 bits per heavy atom. The zero-order valence-electron chi connectivity index (χ0n) is 41.9. The zero-order valence-corrected chi connectivity index (χ0v) is 44.0. The van der Waals surface area contributed by atoms with Gasteiger partial charge < -0.3 is 54.1 Å². The Bertz CT molecular complexity index is 2760. The second-order valence-corrected chi connectivity index (χ2v) is 21.6. The van der Waals surface area contributed by atoms with E-state index < -0.39 is 24.3 Å². The molecule has 9 atom stereocenters. The quantitative estimate of drug-likeness (QED) is 0.0497. The fourth-order valence-electron chi connectivity index (χ4n) is 11.7. The maximum Gasteiger partial charge on any atom is 0.407 e. The lowest BCUT2D eigenvalue weighted by atomic mass is 9.85. The highest BCUT2D eigenvalue weighted by Crippen LogP contribution is 2.44. The summed E-state index contributed by atoms with van der Waals surface area (Å²) in [5.41, 5.74) is 6.49.